The van der Waals surface area contributed by atoms with Gasteiger partial charge in [-0.2, -0.15) is 5.10 Å². The SMILES string of the molecule is COc1ccc(/C=C/C(=O)Nc2cnn(Cc3ccccc3C)c2)cc1COc1ccc(C)cc1. The molecule has 0 saturated carbocycles. The number of nitrogens with one attached hydrogen (secondary N) is 1. The molecule has 1 N–H and O–H groups in total. The van der Waals surface area contributed by atoms with Crippen LogP contribution in [0.2, 0.25) is 0 Å². The average Bonchev–Trinajstić information content (AvgIpc) is 3.30. The number of rotatable bonds is 9. The van der Waals surface area contributed by atoms with Gasteiger partial charge in [0, 0.05) is 17.8 Å². The van der Waals surface area contributed by atoms with Gasteiger partial charge in [0.05, 0.1) is 25.5 Å². The standard InChI is InChI=1S/C29H29N3O3/c1-21-8-12-27(13-9-21)35-20-25-16-23(10-14-28(25)34-3)11-15-29(33)31-26-17-30-32(19-26)18-24-7-5-4-6-22(24)2/h4-17,19H,18,20H2,1-3H3,(H,31,33)/b15-11+. The fourth-order valence-corrected chi connectivity index (χ4v) is 3.64. The van der Waals surface area contributed by atoms with Gasteiger partial charge in [0.1, 0.15) is 18.1 Å². The van der Waals surface area contributed by atoms with Crippen molar-refractivity contribution in [1.82, 2.24) is 9.78 Å². The van der Waals surface area contributed by atoms with Gasteiger partial charge < -0.3 is 14.8 Å². The fourth-order valence-electron chi connectivity index (χ4n) is 3.64. The normalized spacial score (nSPS) is 10.9. The monoisotopic (exact) mass is 467 g/mol. The van der Waals surface area contributed by atoms with Crippen LogP contribution in [0, 0.1) is 13.8 Å². The molecule has 0 radical (unpaired) electrons. The predicted molar refractivity (Wildman–Crippen MR) is 139 cm³/mol. The molecular formula is C29H29N3O3. The van der Waals surface area contributed by atoms with Crippen LogP contribution in [-0.4, -0.2) is 22.8 Å². The third-order valence-electron chi connectivity index (χ3n) is 5.64. The molecule has 4 rings (SSSR count). The zero-order valence-corrected chi connectivity index (χ0v) is 20.2. The van der Waals surface area contributed by atoms with E-state index in [1.165, 1.54) is 22.8 Å². The molecule has 1 heterocycles. The van der Waals surface area contributed by atoms with E-state index < -0.39 is 0 Å². The van der Waals surface area contributed by atoms with E-state index >= 15 is 0 Å². The summed E-state index contributed by atoms with van der Waals surface area (Å²) in [6, 6.07) is 21.8. The molecule has 1 amide bonds. The third kappa shape index (κ3) is 6.60. The van der Waals surface area contributed by atoms with Crippen molar-refractivity contribution in [3.05, 3.63) is 113 Å². The molecule has 0 unspecified atom stereocenters. The lowest BCUT2D eigenvalue weighted by Crippen LogP contribution is -2.07. The Bertz CT molecular complexity index is 1320. The van der Waals surface area contributed by atoms with Crippen LogP contribution < -0.4 is 14.8 Å². The quantitative estimate of drug-likeness (QED) is 0.317. The zero-order valence-electron chi connectivity index (χ0n) is 20.2. The van der Waals surface area contributed by atoms with Crippen molar-refractivity contribution in [1.29, 1.82) is 0 Å². The van der Waals surface area contributed by atoms with Crippen LogP contribution in [0.25, 0.3) is 6.08 Å². The second-order valence-electron chi connectivity index (χ2n) is 8.35. The van der Waals surface area contributed by atoms with Crippen LogP contribution in [0.1, 0.15) is 27.8 Å². The zero-order chi connectivity index (χ0) is 24.6. The summed E-state index contributed by atoms with van der Waals surface area (Å²) in [5.74, 6) is 1.30. The Morgan fingerprint density at radius 3 is 2.60 bits per heavy atom. The molecule has 0 atom stereocenters. The maximum atomic E-state index is 12.5. The number of carbonyl (C=O) groups is 1. The van der Waals surface area contributed by atoms with E-state index in [1.807, 2.05) is 72.4 Å². The first-order chi connectivity index (χ1) is 17.0. The second-order valence-corrected chi connectivity index (χ2v) is 8.35. The Balaban J connectivity index is 1.37. The Labute approximate surface area is 205 Å². The summed E-state index contributed by atoms with van der Waals surface area (Å²) in [5, 5.41) is 7.22. The van der Waals surface area contributed by atoms with Crippen LogP contribution in [0.3, 0.4) is 0 Å². The van der Waals surface area contributed by atoms with Crippen LogP contribution in [0.4, 0.5) is 5.69 Å². The molecule has 6 nitrogen and oxygen atoms in total. The van der Waals surface area contributed by atoms with Gasteiger partial charge in [-0.3, -0.25) is 9.48 Å². The van der Waals surface area contributed by atoms with E-state index in [2.05, 4.69) is 29.5 Å². The smallest absolute Gasteiger partial charge is 0.248 e. The van der Waals surface area contributed by atoms with Crippen LogP contribution >= 0.6 is 0 Å². The van der Waals surface area contributed by atoms with Crippen LogP contribution in [-0.2, 0) is 17.9 Å². The summed E-state index contributed by atoms with van der Waals surface area (Å²) in [5.41, 5.74) is 6.00. The fraction of sp³-hybridized carbons (Fsp3) is 0.172. The molecular weight excluding hydrogens is 438 g/mol. The van der Waals surface area contributed by atoms with E-state index in [9.17, 15) is 4.79 Å². The van der Waals surface area contributed by atoms with Crippen molar-refractivity contribution in [3.8, 4) is 11.5 Å². The molecule has 3 aromatic carbocycles. The van der Waals surface area contributed by atoms with Crippen molar-refractivity contribution in [3.63, 3.8) is 0 Å². The minimum Gasteiger partial charge on any atom is -0.496 e. The van der Waals surface area contributed by atoms with Crippen molar-refractivity contribution >= 4 is 17.7 Å². The third-order valence-corrected chi connectivity index (χ3v) is 5.64. The summed E-state index contributed by atoms with van der Waals surface area (Å²) in [6.07, 6.45) is 6.75. The van der Waals surface area contributed by atoms with E-state index in [0.29, 0.717) is 18.8 Å². The molecule has 0 bridgehead atoms. The van der Waals surface area contributed by atoms with Gasteiger partial charge in [-0.25, -0.2) is 0 Å². The molecule has 6 heteroatoms. The van der Waals surface area contributed by atoms with Gasteiger partial charge >= 0.3 is 0 Å². The maximum absolute atomic E-state index is 12.5. The summed E-state index contributed by atoms with van der Waals surface area (Å²) >= 11 is 0. The lowest BCUT2D eigenvalue weighted by molar-refractivity contribution is -0.111. The van der Waals surface area contributed by atoms with Crippen molar-refractivity contribution in [2.45, 2.75) is 27.0 Å². The molecule has 0 aliphatic heterocycles. The molecule has 1 aromatic heterocycles. The highest BCUT2D eigenvalue weighted by Gasteiger charge is 2.07. The Hall–Kier alpha value is -4.32. The number of hydrogen-bond donors (Lipinski definition) is 1. The first kappa shape index (κ1) is 23.8. The predicted octanol–water partition coefficient (Wildman–Crippen LogP) is 5.79. The molecule has 0 aliphatic carbocycles. The highest BCUT2D eigenvalue weighted by atomic mass is 16.5. The van der Waals surface area contributed by atoms with Crippen molar-refractivity contribution in [2.75, 3.05) is 12.4 Å². The number of aromatic nitrogens is 2. The first-order valence-electron chi connectivity index (χ1n) is 11.4. The Morgan fingerprint density at radius 1 is 1.03 bits per heavy atom. The second kappa shape index (κ2) is 11.2. The number of ether oxygens (including phenoxy) is 2. The van der Waals surface area contributed by atoms with Gasteiger partial charge in [0.25, 0.3) is 0 Å². The van der Waals surface area contributed by atoms with Crippen molar-refractivity contribution < 1.29 is 14.3 Å². The summed E-state index contributed by atoms with van der Waals surface area (Å²) < 4.78 is 13.2. The minimum absolute atomic E-state index is 0.228. The van der Waals surface area contributed by atoms with Gasteiger partial charge in [0.15, 0.2) is 0 Å². The number of anilines is 1. The van der Waals surface area contributed by atoms with Gasteiger partial charge in [-0.15, -0.1) is 0 Å². The number of amides is 1. The van der Waals surface area contributed by atoms with Gasteiger partial charge in [0.2, 0.25) is 5.91 Å². The molecule has 35 heavy (non-hydrogen) atoms. The average molecular weight is 468 g/mol. The molecule has 178 valence electrons. The van der Waals surface area contributed by atoms with E-state index in [-0.39, 0.29) is 5.91 Å². The molecule has 0 aliphatic rings. The summed E-state index contributed by atoms with van der Waals surface area (Å²) in [7, 11) is 1.63. The van der Waals surface area contributed by atoms with Crippen LogP contribution in [0.5, 0.6) is 11.5 Å². The molecule has 0 fully saturated rings. The molecule has 4 aromatic rings. The minimum atomic E-state index is -0.228. The van der Waals surface area contributed by atoms with Crippen molar-refractivity contribution in [2.24, 2.45) is 0 Å². The highest BCUT2D eigenvalue weighted by Crippen LogP contribution is 2.23. The first-order valence-corrected chi connectivity index (χ1v) is 11.4. The van der Waals surface area contributed by atoms with E-state index in [4.69, 9.17) is 9.47 Å². The Morgan fingerprint density at radius 2 is 1.83 bits per heavy atom. The number of benzene rings is 3. The van der Waals surface area contributed by atoms with Gasteiger partial charge in [-0.1, -0.05) is 48.0 Å². The van der Waals surface area contributed by atoms with Crippen LogP contribution in [0.15, 0.2) is 85.2 Å². The highest BCUT2D eigenvalue weighted by molar-refractivity contribution is 6.01. The summed E-state index contributed by atoms with van der Waals surface area (Å²) in [4.78, 5) is 12.5. The summed E-state index contributed by atoms with van der Waals surface area (Å²) in [6.45, 7) is 5.12. The number of methoxy groups -OCH3 is 1. The number of hydrogen-bond acceptors (Lipinski definition) is 4. The molecule has 0 spiro atoms. The van der Waals surface area contributed by atoms with Gasteiger partial charge in [-0.05, 0) is 60.9 Å². The maximum Gasteiger partial charge on any atom is 0.248 e. The lowest BCUT2D eigenvalue weighted by Gasteiger charge is -2.11. The number of carbonyl (C=O) groups excluding carboxylic acids is 1. The number of aryl methyl sites for hydroxylation is 2. The topological polar surface area (TPSA) is 65.4 Å². The molecule has 0 saturated heterocycles. The largest absolute Gasteiger partial charge is 0.496 e. The van der Waals surface area contributed by atoms with E-state index in [1.54, 1.807) is 19.4 Å². The number of nitrogens with zero attached hydrogens (tertiary/aromatic N) is 2. The van der Waals surface area contributed by atoms with E-state index in [0.717, 1.165) is 22.6 Å². The lowest BCUT2D eigenvalue weighted by atomic mass is 10.1. The Kier molecular flexibility index (Phi) is 7.63.